The van der Waals surface area contributed by atoms with E-state index < -0.39 is 23.7 Å². The van der Waals surface area contributed by atoms with Crippen molar-refractivity contribution in [1.82, 2.24) is 4.98 Å². The van der Waals surface area contributed by atoms with Crippen LogP contribution in [0, 0.1) is 20.8 Å². The van der Waals surface area contributed by atoms with Crippen molar-refractivity contribution in [3.63, 3.8) is 0 Å². The van der Waals surface area contributed by atoms with Crippen LogP contribution in [0.25, 0.3) is 5.76 Å². The number of nitrogens with zero attached hydrogens (tertiary/aromatic N) is 2. The van der Waals surface area contributed by atoms with Gasteiger partial charge in [0.25, 0.3) is 5.78 Å². The summed E-state index contributed by atoms with van der Waals surface area (Å²) in [5.74, 6) is -1.32. The van der Waals surface area contributed by atoms with Gasteiger partial charge in [-0.05, 0) is 75.2 Å². The lowest BCUT2D eigenvalue weighted by Gasteiger charge is -2.20. The van der Waals surface area contributed by atoms with Gasteiger partial charge >= 0.3 is 11.9 Å². The molecule has 1 saturated heterocycles. The van der Waals surface area contributed by atoms with Crippen LogP contribution in [0.2, 0.25) is 0 Å². The minimum Gasteiger partial charge on any atom is -0.507 e. The molecule has 0 saturated carbocycles. The van der Waals surface area contributed by atoms with Crippen molar-refractivity contribution < 1.29 is 33.4 Å². The topological polar surface area (TPSA) is 119 Å². The van der Waals surface area contributed by atoms with Gasteiger partial charge in [-0.3, -0.25) is 14.5 Å². The lowest BCUT2D eigenvalue weighted by Crippen LogP contribution is -2.29. The van der Waals surface area contributed by atoms with Gasteiger partial charge in [0.05, 0.1) is 17.9 Å². The van der Waals surface area contributed by atoms with E-state index in [2.05, 4.69) is 4.98 Å². The molecule has 2 aromatic carbocycles. The van der Waals surface area contributed by atoms with E-state index >= 15 is 0 Å². The van der Waals surface area contributed by atoms with Crippen molar-refractivity contribution in [3.8, 4) is 5.75 Å². The number of carbonyl (C=O) groups excluding carboxylic acids is 3. The molecule has 2 aromatic heterocycles. The maximum Gasteiger partial charge on any atom is 0.350 e. The van der Waals surface area contributed by atoms with Crippen LogP contribution in [-0.4, -0.2) is 34.4 Å². The first kappa shape index (κ1) is 27.9. The molecule has 1 aliphatic rings. The predicted molar refractivity (Wildman–Crippen MR) is 153 cm³/mol. The second kappa shape index (κ2) is 11.4. The van der Waals surface area contributed by atoms with Gasteiger partial charge in [0, 0.05) is 5.56 Å². The monoisotopic (exact) mass is 572 g/mol. The lowest BCUT2D eigenvalue weighted by molar-refractivity contribution is -0.132. The number of carbonyl (C=O) groups is 3. The number of aliphatic hydroxyl groups is 1. The third kappa shape index (κ3) is 5.38. The molecule has 0 bridgehead atoms. The van der Waals surface area contributed by atoms with E-state index in [1.165, 1.54) is 0 Å². The molecule has 3 heterocycles. The van der Waals surface area contributed by atoms with Crippen LogP contribution in [-0.2, 0) is 20.9 Å². The molecule has 1 atom stereocenters. The minimum atomic E-state index is -1.10. The molecule has 41 heavy (non-hydrogen) atoms. The van der Waals surface area contributed by atoms with Crippen molar-refractivity contribution >= 4 is 39.9 Å². The number of esters is 1. The molecule has 10 heteroatoms. The van der Waals surface area contributed by atoms with E-state index in [0.29, 0.717) is 29.4 Å². The zero-order chi connectivity index (χ0) is 29.3. The summed E-state index contributed by atoms with van der Waals surface area (Å²) in [7, 11) is 0. The van der Waals surface area contributed by atoms with Crippen LogP contribution in [0.3, 0.4) is 0 Å². The summed E-state index contributed by atoms with van der Waals surface area (Å²) in [5, 5.41) is 11.5. The number of ketones is 1. The zero-order valence-electron chi connectivity index (χ0n) is 23.0. The Morgan fingerprint density at radius 1 is 1.05 bits per heavy atom. The number of anilines is 1. The number of benzene rings is 2. The molecule has 210 valence electrons. The normalized spacial score (nSPS) is 16.3. The number of ether oxygens (including phenoxy) is 2. The highest BCUT2D eigenvalue weighted by molar-refractivity contribution is 7.17. The second-order valence-electron chi connectivity index (χ2n) is 9.49. The summed E-state index contributed by atoms with van der Waals surface area (Å²) >= 11 is 0.937. The van der Waals surface area contributed by atoms with Gasteiger partial charge in [0.1, 0.15) is 40.6 Å². The Labute approximate surface area is 240 Å². The molecule has 1 aliphatic heterocycles. The average molecular weight is 573 g/mol. The largest absolute Gasteiger partial charge is 0.507 e. The van der Waals surface area contributed by atoms with Gasteiger partial charge in [-0.25, -0.2) is 9.78 Å². The van der Waals surface area contributed by atoms with Crippen LogP contribution in [0.5, 0.6) is 5.75 Å². The Bertz CT molecular complexity index is 1670. The van der Waals surface area contributed by atoms with E-state index in [1.54, 1.807) is 57.2 Å². The summed E-state index contributed by atoms with van der Waals surface area (Å²) in [6, 6.07) is 16.8. The summed E-state index contributed by atoms with van der Waals surface area (Å²) in [6.45, 7) is 7.61. The number of aryl methyl sites for hydroxylation is 3. The summed E-state index contributed by atoms with van der Waals surface area (Å²) < 4.78 is 16.8. The molecule has 4 aromatic rings. The third-order valence-electron chi connectivity index (χ3n) is 6.71. The van der Waals surface area contributed by atoms with Crippen LogP contribution < -0.4 is 9.64 Å². The number of aliphatic hydroxyl groups excluding tert-OH is 1. The highest BCUT2D eigenvalue weighted by atomic mass is 32.1. The number of hydrogen-bond acceptors (Lipinski definition) is 9. The molecule has 1 unspecified atom stereocenters. The SMILES string of the molecule is CCOC(=O)c1sc(N2C(=O)C(=O)C(=C(O)c3ccc(OCc4ccccc4C)cc3)C2c2ccc(C)o2)nc1C. The first-order valence-corrected chi connectivity index (χ1v) is 13.8. The summed E-state index contributed by atoms with van der Waals surface area (Å²) in [5.41, 5.74) is 2.70. The number of Topliss-reactive ketones (excluding diaryl/α,β-unsaturated/α-hetero) is 1. The number of amides is 1. The van der Waals surface area contributed by atoms with E-state index in [9.17, 15) is 19.5 Å². The fraction of sp³-hybridized carbons (Fsp3) is 0.226. The molecule has 9 nitrogen and oxygen atoms in total. The Hall–Kier alpha value is -4.70. The first-order chi connectivity index (χ1) is 19.7. The molecule has 0 spiro atoms. The van der Waals surface area contributed by atoms with Gasteiger partial charge in [0.2, 0.25) is 0 Å². The minimum absolute atomic E-state index is 0.116. The van der Waals surface area contributed by atoms with E-state index in [1.807, 2.05) is 31.2 Å². The van der Waals surface area contributed by atoms with Crippen molar-refractivity contribution in [3.05, 3.63) is 105 Å². The second-order valence-corrected chi connectivity index (χ2v) is 10.5. The fourth-order valence-electron chi connectivity index (χ4n) is 4.57. The number of aromatic nitrogens is 1. The molecule has 1 amide bonds. The van der Waals surface area contributed by atoms with Gasteiger partial charge in [-0.2, -0.15) is 0 Å². The Morgan fingerprint density at radius 3 is 2.44 bits per heavy atom. The van der Waals surface area contributed by atoms with Gasteiger partial charge in [-0.1, -0.05) is 35.6 Å². The Morgan fingerprint density at radius 2 is 1.78 bits per heavy atom. The quantitative estimate of drug-likeness (QED) is 0.117. The molecule has 0 aliphatic carbocycles. The first-order valence-electron chi connectivity index (χ1n) is 13.0. The van der Waals surface area contributed by atoms with Crippen LogP contribution in [0.4, 0.5) is 5.13 Å². The van der Waals surface area contributed by atoms with E-state index in [4.69, 9.17) is 13.9 Å². The summed E-state index contributed by atoms with van der Waals surface area (Å²) in [4.78, 5) is 45.0. The van der Waals surface area contributed by atoms with Crippen molar-refractivity contribution in [2.24, 2.45) is 0 Å². The molecular weight excluding hydrogens is 544 g/mol. The maximum atomic E-state index is 13.4. The van der Waals surface area contributed by atoms with E-state index in [0.717, 1.165) is 27.4 Å². The van der Waals surface area contributed by atoms with Crippen LogP contribution in [0.15, 0.2) is 70.7 Å². The number of furan rings is 1. The molecule has 1 N–H and O–H groups in total. The van der Waals surface area contributed by atoms with Crippen molar-refractivity contribution in [1.29, 1.82) is 0 Å². The van der Waals surface area contributed by atoms with Gasteiger partial charge in [-0.15, -0.1) is 0 Å². The maximum absolute atomic E-state index is 13.4. The Balaban J connectivity index is 1.51. The fourth-order valence-corrected chi connectivity index (χ4v) is 5.56. The smallest absolute Gasteiger partial charge is 0.350 e. The molecule has 5 rings (SSSR count). The standard InChI is InChI=1S/C31H28N2O7S/c1-5-38-30(37)28-19(4)32-31(41-28)33-25(23-15-10-18(3)40-23)24(27(35)29(33)36)26(34)20-11-13-22(14-12-20)39-16-21-9-7-6-8-17(21)2/h6-15,25,34H,5,16H2,1-4H3. The highest BCUT2D eigenvalue weighted by Crippen LogP contribution is 2.44. The average Bonchev–Trinajstić information content (AvgIpc) is 3.63. The summed E-state index contributed by atoms with van der Waals surface area (Å²) in [6.07, 6.45) is 0. The van der Waals surface area contributed by atoms with Crippen LogP contribution in [0.1, 0.15) is 56.5 Å². The van der Waals surface area contributed by atoms with Gasteiger partial charge in [0.15, 0.2) is 5.13 Å². The van der Waals surface area contributed by atoms with Gasteiger partial charge < -0.3 is 19.0 Å². The van der Waals surface area contributed by atoms with Crippen LogP contribution >= 0.6 is 11.3 Å². The van der Waals surface area contributed by atoms with Crippen molar-refractivity contribution in [2.75, 3.05) is 11.5 Å². The number of hydrogen-bond donors (Lipinski definition) is 1. The third-order valence-corrected chi connectivity index (χ3v) is 7.85. The Kier molecular flexibility index (Phi) is 7.76. The molecule has 0 radical (unpaired) electrons. The highest BCUT2D eigenvalue weighted by Gasteiger charge is 2.50. The molecule has 1 fully saturated rings. The van der Waals surface area contributed by atoms with Crippen molar-refractivity contribution in [2.45, 2.75) is 40.3 Å². The number of thiazole rings is 1. The van der Waals surface area contributed by atoms with E-state index in [-0.39, 0.29) is 33.7 Å². The molecular formula is C31H28N2O7S. The lowest BCUT2D eigenvalue weighted by atomic mass is 9.99. The predicted octanol–water partition coefficient (Wildman–Crippen LogP) is 6.04. The number of rotatable bonds is 8. The zero-order valence-corrected chi connectivity index (χ0v) is 23.8.